The van der Waals surface area contributed by atoms with Crippen LogP contribution in [0.15, 0.2) is 6.20 Å². The second kappa shape index (κ2) is 3.21. The highest BCUT2D eigenvalue weighted by molar-refractivity contribution is 7.13. The lowest BCUT2D eigenvalue weighted by Gasteiger charge is -2.10. The molecule has 1 heterocycles. The molecule has 78 valence electrons. The van der Waals surface area contributed by atoms with Crippen LogP contribution < -0.4 is 10.5 Å². The molecule has 2 N–H and O–H groups in total. The Labute approximate surface area is 88.3 Å². The molecule has 2 atom stereocenters. The second-order valence-corrected chi connectivity index (χ2v) is 5.58. The standard InChI is InChI=1S/C10H16N2OS/c1-10(2)4-6(10)8(11)7-5-12-9(13-3)14-7/h5-6,8H,4,11H2,1-3H3. The largest absolute Gasteiger partial charge is 0.473 e. The fourth-order valence-corrected chi connectivity index (χ4v) is 2.63. The minimum atomic E-state index is 0.131. The van der Waals surface area contributed by atoms with Gasteiger partial charge in [-0.05, 0) is 17.8 Å². The first-order valence-electron chi connectivity index (χ1n) is 4.80. The van der Waals surface area contributed by atoms with E-state index in [9.17, 15) is 0 Å². The van der Waals surface area contributed by atoms with Gasteiger partial charge in [0.25, 0.3) is 5.19 Å². The molecule has 0 aromatic carbocycles. The molecule has 1 saturated carbocycles. The van der Waals surface area contributed by atoms with Gasteiger partial charge < -0.3 is 10.5 Å². The van der Waals surface area contributed by atoms with Gasteiger partial charge in [0.1, 0.15) is 0 Å². The fourth-order valence-electron chi connectivity index (χ4n) is 1.84. The predicted molar refractivity (Wildman–Crippen MR) is 57.5 cm³/mol. The van der Waals surface area contributed by atoms with Gasteiger partial charge in [-0.15, -0.1) is 0 Å². The number of aromatic nitrogens is 1. The van der Waals surface area contributed by atoms with Crippen LogP contribution in [0, 0.1) is 11.3 Å². The van der Waals surface area contributed by atoms with Crippen molar-refractivity contribution in [2.45, 2.75) is 26.3 Å². The molecule has 0 bridgehead atoms. The van der Waals surface area contributed by atoms with Crippen molar-refractivity contribution in [3.05, 3.63) is 11.1 Å². The topological polar surface area (TPSA) is 48.1 Å². The van der Waals surface area contributed by atoms with E-state index >= 15 is 0 Å². The molecule has 0 spiro atoms. The van der Waals surface area contributed by atoms with Gasteiger partial charge in [0, 0.05) is 17.1 Å². The van der Waals surface area contributed by atoms with Crippen LogP contribution in [0.3, 0.4) is 0 Å². The number of hydrogen-bond acceptors (Lipinski definition) is 4. The Hall–Kier alpha value is -0.610. The van der Waals surface area contributed by atoms with Crippen LogP contribution in [0.1, 0.15) is 31.2 Å². The van der Waals surface area contributed by atoms with E-state index in [-0.39, 0.29) is 6.04 Å². The predicted octanol–water partition coefficient (Wildman–Crippen LogP) is 2.20. The third kappa shape index (κ3) is 1.64. The summed E-state index contributed by atoms with van der Waals surface area (Å²) in [7, 11) is 1.63. The number of nitrogens with zero attached hydrogens (tertiary/aromatic N) is 1. The summed E-state index contributed by atoms with van der Waals surface area (Å²) in [5.74, 6) is 0.604. The normalized spacial score (nSPS) is 25.9. The molecule has 1 aromatic rings. The van der Waals surface area contributed by atoms with Crippen molar-refractivity contribution in [3.63, 3.8) is 0 Å². The van der Waals surface area contributed by atoms with Crippen LogP contribution in [0.5, 0.6) is 5.19 Å². The molecule has 0 aliphatic heterocycles. The molecule has 3 nitrogen and oxygen atoms in total. The zero-order valence-electron chi connectivity index (χ0n) is 8.78. The first-order chi connectivity index (χ1) is 6.54. The number of rotatable bonds is 3. The number of ether oxygens (including phenoxy) is 1. The van der Waals surface area contributed by atoms with Crippen LogP contribution in [0.2, 0.25) is 0 Å². The van der Waals surface area contributed by atoms with Crippen LogP contribution >= 0.6 is 11.3 Å². The molecule has 2 unspecified atom stereocenters. The van der Waals surface area contributed by atoms with Crippen LogP contribution in [-0.2, 0) is 0 Å². The van der Waals surface area contributed by atoms with Gasteiger partial charge in [-0.25, -0.2) is 4.98 Å². The minimum Gasteiger partial charge on any atom is -0.473 e. The Bertz CT molecular complexity index is 335. The monoisotopic (exact) mass is 212 g/mol. The molecular formula is C10H16N2OS. The maximum Gasteiger partial charge on any atom is 0.273 e. The molecule has 2 rings (SSSR count). The van der Waals surface area contributed by atoms with Crippen LogP contribution in [0.4, 0.5) is 0 Å². The maximum absolute atomic E-state index is 6.16. The lowest BCUT2D eigenvalue weighted by atomic mass is 10.0. The summed E-state index contributed by atoms with van der Waals surface area (Å²) in [6, 6.07) is 0.131. The smallest absolute Gasteiger partial charge is 0.273 e. The average molecular weight is 212 g/mol. The van der Waals surface area contributed by atoms with E-state index in [1.807, 2.05) is 6.20 Å². The van der Waals surface area contributed by atoms with Crippen molar-refractivity contribution in [1.29, 1.82) is 0 Å². The molecule has 1 aromatic heterocycles. The average Bonchev–Trinajstić information content (AvgIpc) is 2.64. The van der Waals surface area contributed by atoms with Crippen molar-refractivity contribution in [1.82, 2.24) is 4.98 Å². The summed E-state index contributed by atoms with van der Waals surface area (Å²) < 4.78 is 5.05. The van der Waals surface area contributed by atoms with Crippen molar-refractivity contribution < 1.29 is 4.74 Å². The van der Waals surface area contributed by atoms with Crippen LogP contribution in [0.25, 0.3) is 0 Å². The number of hydrogen-bond donors (Lipinski definition) is 1. The van der Waals surface area contributed by atoms with Gasteiger partial charge in [0.15, 0.2) is 0 Å². The van der Waals surface area contributed by atoms with Gasteiger partial charge in [0.2, 0.25) is 0 Å². The third-order valence-electron chi connectivity index (χ3n) is 3.03. The Balaban J connectivity index is 2.08. The van der Waals surface area contributed by atoms with E-state index in [1.54, 1.807) is 18.4 Å². The molecular weight excluding hydrogens is 196 g/mol. The van der Waals surface area contributed by atoms with Gasteiger partial charge in [0.05, 0.1) is 7.11 Å². The van der Waals surface area contributed by atoms with Crippen molar-refractivity contribution in [3.8, 4) is 5.19 Å². The molecule has 0 saturated heterocycles. The third-order valence-corrected chi connectivity index (χ3v) is 4.09. The highest BCUT2D eigenvalue weighted by atomic mass is 32.1. The minimum absolute atomic E-state index is 0.131. The Morgan fingerprint density at radius 1 is 1.71 bits per heavy atom. The zero-order chi connectivity index (χ0) is 10.3. The van der Waals surface area contributed by atoms with E-state index in [1.165, 1.54) is 6.42 Å². The van der Waals surface area contributed by atoms with Gasteiger partial charge >= 0.3 is 0 Å². The summed E-state index contributed by atoms with van der Waals surface area (Å²) in [6.07, 6.45) is 3.05. The molecule has 0 amide bonds. The lowest BCUT2D eigenvalue weighted by Crippen LogP contribution is -2.13. The Morgan fingerprint density at radius 2 is 2.36 bits per heavy atom. The Morgan fingerprint density at radius 3 is 2.79 bits per heavy atom. The summed E-state index contributed by atoms with van der Waals surface area (Å²) in [4.78, 5) is 5.27. The van der Waals surface area contributed by atoms with E-state index < -0.39 is 0 Å². The van der Waals surface area contributed by atoms with E-state index in [2.05, 4.69) is 18.8 Å². The SMILES string of the molecule is COc1ncc(C(N)C2CC2(C)C)s1. The van der Waals surface area contributed by atoms with Crippen molar-refractivity contribution in [2.75, 3.05) is 7.11 Å². The van der Waals surface area contributed by atoms with Crippen molar-refractivity contribution >= 4 is 11.3 Å². The maximum atomic E-state index is 6.16. The zero-order valence-corrected chi connectivity index (χ0v) is 9.60. The summed E-state index contributed by atoms with van der Waals surface area (Å²) in [5.41, 5.74) is 6.57. The number of nitrogens with two attached hydrogens (primary N) is 1. The molecule has 0 radical (unpaired) electrons. The molecule has 1 aliphatic rings. The molecule has 14 heavy (non-hydrogen) atoms. The fraction of sp³-hybridized carbons (Fsp3) is 0.700. The summed E-state index contributed by atoms with van der Waals surface area (Å²) in [6.45, 7) is 4.52. The number of methoxy groups -OCH3 is 1. The summed E-state index contributed by atoms with van der Waals surface area (Å²) in [5, 5.41) is 0.703. The highest BCUT2D eigenvalue weighted by Crippen LogP contribution is 2.57. The molecule has 1 fully saturated rings. The lowest BCUT2D eigenvalue weighted by molar-refractivity contribution is 0.412. The van der Waals surface area contributed by atoms with E-state index in [0.717, 1.165) is 4.88 Å². The molecule has 4 heteroatoms. The first kappa shape index (κ1) is 9.93. The van der Waals surface area contributed by atoms with Gasteiger partial charge in [-0.1, -0.05) is 25.2 Å². The first-order valence-corrected chi connectivity index (χ1v) is 5.61. The Kier molecular flexibility index (Phi) is 2.27. The van der Waals surface area contributed by atoms with Gasteiger partial charge in [-0.3, -0.25) is 0 Å². The number of thiazole rings is 1. The summed E-state index contributed by atoms with van der Waals surface area (Å²) >= 11 is 1.55. The highest BCUT2D eigenvalue weighted by Gasteiger charge is 2.49. The van der Waals surface area contributed by atoms with E-state index in [4.69, 9.17) is 10.5 Å². The van der Waals surface area contributed by atoms with Crippen molar-refractivity contribution in [2.24, 2.45) is 17.1 Å². The van der Waals surface area contributed by atoms with Crippen LogP contribution in [-0.4, -0.2) is 12.1 Å². The van der Waals surface area contributed by atoms with Gasteiger partial charge in [-0.2, -0.15) is 0 Å². The second-order valence-electron chi connectivity index (χ2n) is 4.56. The quantitative estimate of drug-likeness (QED) is 0.835. The van der Waals surface area contributed by atoms with E-state index in [0.29, 0.717) is 16.5 Å². The molecule has 1 aliphatic carbocycles.